The summed E-state index contributed by atoms with van der Waals surface area (Å²) in [6, 6.07) is 18.6. The molecule has 2 aliphatic rings. The van der Waals surface area contributed by atoms with Gasteiger partial charge in [0.1, 0.15) is 0 Å². The lowest BCUT2D eigenvalue weighted by atomic mass is 9.85. The maximum atomic E-state index is 13.4. The van der Waals surface area contributed by atoms with Crippen LogP contribution in [0.5, 0.6) is 0 Å². The van der Waals surface area contributed by atoms with E-state index < -0.39 is 0 Å². The number of benzene rings is 2. The van der Waals surface area contributed by atoms with E-state index in [1.807, 2.05) is 48.5 Å². The first-order valence-electron chi connectivity index (χ1n) is 9.90. The Morgan fingerprint density at radius 2 is 1.79 bits per heavy atom. The van der Waals surface area contributed by atoms with Gasteiger partial charge < -0.3 is 10.2 Å². The fourth-order valence-electron chi connectivity index (χ4n) is 4.08. The molecule has 0 bridgehead atoms. The molecule has 1 saturated carbocycles. The highest BCUT2D eigenvalue weighted by Gasteiger charge is 2.42. The Morgan fingerprint density at radius 3 is 2.50 bits per heavy atom. The lowest BCUT2D eigenvalue weighted by molar-refractivity contribution is -0.129. The molecule has 4 rings (SSSR count). The summed E-state index contributed by atoms with van der Waals surface area (Å²) >= 11 is 5.10. The van der Waals surface area contributed by atoms with Gasteiger partial charge in [0.15, 0.2) is 5.50 Å². The molecule has 2 fully saturated rings. The van der Waals surface area contributed by atoms with Crippen LogP contribution in [0.4, 0.5) is 5.69 Å². The Hall–Kier alpha value is -1.72. The molecule has 2 aromatic carbocycles. The molecule has 5 heteroatoms. The molecule has 1 heterocycles. The van der Waals surface area contributed by atoms with Crippen LogP contribution in [0.3, 0.4) is 0 Å². The lowest BCUT2D eigenvalue weighted by Crippen LogP contribution is -2.48. The Kier molecular flexibility index (Phi) is 6.12. The molecule has 1 amide bonds. The molecule has 3 atom stereocenters. The van der Waals surface area contributed by atoms with E-state index >= 15 is 0 Å². The standard InChI is InChI=1S/C23H25BrN2OS/c1-16-7-5-6-10-20(16)26-22(27)21(15-17-11-13-18(24)14-12-17)28-23(26)25-19-8-3-2-4-9-19/h2-4,8-9,11-16,20,23,25H,5-7,10H2,1H3/b21-15-/t16-,20-,23?/m1/s1. The first kappa shape index (κ1) is 19.6. The quantitative estimate of drug-likeness (QED) is 0.544. The molecule has 0 spiro atoms. The number of halogens is 1. The van der Waals surface area contributed by atoms with Crippen molar-refractivity contribution in [3.63, 3.8) is 0 Å². The number of anilines is 1. The predicted octanol–water partition coefficient (Wildman–Crippen LogP) is 6.34. The molecule has 1 unspecified atom stereocenters. The summed E-state index contributed by atoms with van der Waals surface area (Å²) in [4.78, 5) is 16.3. The normalized spacial score (nSPS) is 26.6. The second kappa shape index (κ2) is 8.75. The number of carbonyl (C=O) groups excluding carboxylic acids is 1. The van der Waals surface area contributed by atoms with Gasteiger partial charge in [0.25, 0.3) is 5.91 Å². The summed E-state index contributed by atoms with van der Waals surface area (Å²) in [7, 11) is 0. The minimum atomic E-state index is -0.0675. The third kappa shape index (κ3) is 4.31. The van der Waals surface area contributed by atoms with Crippen LogP contribution in [0.25, 0.3) is 6.08 Å². The highest BCUT2D eigenvalue weighted by Crippen LogP contribution is 2.42. The Bertz CT molecular complexity index is 853. The van der Waals surface area contributed by atoms with Crippen LogP contribution in [0.1, 0.15) is 38.2 Å². The van der Waals surface area contributed by atoms with Gasteiger partial charge in [-0.3, -0.25) is 4.79 Å². The molecule has 2 aromatic rings. The van der Waals surface area contributed by atoms with Crippen LogP contribution < -0.4 is 5.32 Å². The van der Waals surface area contributed by atoms with E-state index in [0.717, 1.165) is 27.0 Å². The zero-order chi connectivity index (χ0) is 19.5. The van der Waals surface area contributed by atoms with Gasteiger partial charge in [-0.25, -0.2) is 0 Å². The van der Waals surface area contributed by atoms with Crippen molar-refractivity contribution in [2.45, 2.75) is 44.1 Å². The first-order chi connectivity index (χ1) is 13.6. The predicted molar refractivity (Wildman–Crippen MR) is 122 cm³/mol. The molecule has 1 aliphatic heterocycles. The summed E-state index contributed by atoms with van der Waals surface area (Å²) in [5, 5.41) is 3.58. The number of hydrogen-bond acceptors (Lipinski definition) is 3. The molecule has 0 aromatic heterocycles. The van der Waals surface area contributed by atoms with Crippen molar-refractivity contribution in [3.8, 4) is 0 Å². The van der Waals surface area contributed by atoms with E-state index in [-0.39, 0.29) is 11.4 Å². The monoisotopic (exact) mass is 456 g/mol. The van der Waals surface area contributed by atoms with Crippen molar-refractivity contribution >= 4 is 45.4 Å². The molecule has 3 nitrogen and oxygen atoms in total. The molecule has 1 N–H and O–H groups in total. The van der Waals surface area contributed by atoms with Crippen molar-refractivity contribution in [1.82, 2.24) is 4.90 Å². The van der Waals surface area contributed by atoms with Crippen molar-refractivity contribution in [2.75, 3.05) is 5.32 Å². The van der Waals surface area contributed by atoms with E-state index in [0.29, 0.717) is 12.0 Å². The van der Waals surface area contributed by atoms with Crippen molar-refractivity contribution in [2.24, 2.45) is 5.92 Å². The van der Waals surface area contributed by atoms with Crippen LogP contribution in [0.15, 0.2) is 64.0 Å². The molecule has 28 heavy (non-hydrogen) atoms. The Balaban J connectivity index is 1.63. The van der Waals surface area contributed by atoms with E-state index in [4.69, 9.17) is 0 Å². The van der Waals surface area contributed by atoms with Crippen LogP contribution >= 0.6 is 27.7 Å². The van der Waals surface area contributed by atoms with Gasteiger partial charge in [-0.1, -0.05) is 77.8 Å². The number of nitrogens with zero attached hydrogens (tertiary/aromatic N) is 1. The van der Waals surface area contributed by atoms with Gasteiger partial charge in [0.05, 0.1) is 4.91 Å². The third-order valence-corrected chi connectivity index (χ3v) is 7.24. The average Bonchev–Trinajstić information content (AvgIpc) is 3.00. The van der Waals surface area contributed by atoms with Crippen molar-refractivity contribution < 1.29 is 4.79 Å². The smallest absolute Gasteiger partial charge is 0.262 e. The molecular formula is C23H25BrN2OS. The van der Waals surface area contributed by atoms with Gasteiger partial charge in [0, 0.05) is 16.2 Å². The molecule has 146 valence electrons. The summed E-state index contributed by atoms with van der Waals surface area (Å²) in [5.74, 6) is 0.686. The lowest BCUT2D eigenvalue weighted by Gasteiger charge is -2.39. The number of carbonyl (C=O) groups is 1. The SMILES string of the molecule is C[C@@H]1CCCC[C@H]1N1C(=O)/C(=C/c2ccc(Br)cc2)SC1Nc1ccccc1. The third-order valence-electron chi connectivity index (χ3n) is 5.59. The topological polar surface area (TPSA) is 32.3 Å². The molecular weight excluding hydrogens is 432 g/mol. The number of nitrogens with one attached hydrogen (secondary N) is 1. The number of hydrogen-bond donors (Lipinski definition) is 1. The summed E-state index contributed by atoms with van der Waals surface area (Å²) in [5.41, 5.74) is 2.03. The van der Waals surface area contributed by atoms with Crippen LogP contribution in [0, 0.1) is 5.92 Å². The van der Waals surface area contributed by atoms with Gasteiger partial charge in [0.2, 0.25) is 0 Å². The highest BCUT2D eigenvalue weighted by molar-refractivity contribution is 9.10. The van der Waals surface area contributed by atoms with E-state index in [1.165, 1.54) is 19.3 Å². The maximum Gasteiger partial charge on any atom is 0.262 e. The van der Waals surface area contributed by atoms with Crippen molar-refractivity contribution in [3.05, 3.63) is 69.5 Å². The van der Waals surface area contributed by atoms with Crippen LogP contribution in [-0.4, -0.2) is 22.3 Å². The fraction of sp³-hybridized carbons (Fsp3) is 0.348. The number of para-hydroxylation sites is 1. The van der Waals surface area contributed by atoms with Crippen LogP contribution in [-0.2, 0) is 4.79 Å². The molecule has 0 radical (unpaired) electrons. The summed E-state index contributed by atoms with van der Waals surface area (Å²) in [6.45, 7) is 2.29. The van der Waals surface area contributed by atoms with Gasteiger partial charge in [-0.2, -0.15) is 0 Å². The summed E-state index contributed by atoms with van der Waals surface area (Å²) < 4.78 is 1.04. The van der Waals surface area contributed by atoms with Crippen molar-refractivity contribution in [1.29, 1.82) is 0 Å². The zero-order valence-electron chi connectivity index (χ0n) is 16.0. The van der Waals surface area contributed by atoms with Gasteiger partial charge in [-0.15, -0.1) is 0 Å². The first-order valence-corrected chi connectivity index (χ1v) is 11.6. The fourth-order valence-corrected chi connectivity index (χ4v) is 5.55. The largest absolute Gasteiger partial charge is 0.356 e. The maximum absolute atomic E-state index is 13.4. The highest BCUT2D eigenvalue weighted by atomic mass is 79.9. The van der Waals surface area contributed by atoms with Gasteiger partial charge >= 0.3 is 0 Å². The second-order valence-electron chi connectivity index (χ2n) is 7.58. The van der Waals surface area contributed by atoms with E-state index in [9.17, 15) is 4.79 Å². The second-order valence-corrected chi connectivity index (χ2v) is 9.62. The Labute approximate surface area is 179 Å². The summed E-state index contributed by atoms with van der Waals surface area (Å²) in [6.07, 6.45) is 6.78. The molecule has 1 aliphatic carbocycles. The van der Waals surface area contributed by atoms with E-state index in [1.54, 1.807) is 11.8 Å². The zero-order valence-corrected chi connectivity index (χ0v) is 18.4. The minimum absolute atomic E-state index is 0.0675. The van der Waals surface area contributed by atoms with Gasteiger partial charge in [-0.05, 0) is 54.7 Å². The minimum Gasteiger partial charge on any atom is -0.356 e. The van der Waals surface area contributed by atoms with E-state index in [2.05, 4.69) is 45.2 Å². The Morgan fingerprint density at radius 1 is 1.07 bits per heavy atom. The molecule has 1 saturated heterocycles. The average molecular weight is 457 g/mol. The number of amides is 1. The number of rotatable bonds is 4. The van der Waals surface area contributed by atoms with Crippen LogP contribution in [0.2, 0.25) is 0 Å². The number of thioether (sulfide) groups is 1.